The number of benzene rings is 2. The van der Waals surface area contributed by atoms with Gasteiger partial charge < -0.3 is 4.57 Å². The molecule has 3 aliphatic rings. The molecular weight excluding hydrogens is 398 g/mol. The van der Waals surface area contributed by atoms with Crippen molar-refractivity contribution in [2.24, 2.45) is 4.99 Å². The summed E-state index contributed by atoms with van der Waals surface area (Å²) in [4.78, 5) is 27.7. The van der Waals surface area contributed by atoms with Gasteiger partial charge in [0.25, 0.3) is 5.91 Å². The SMILES string of the molecule is CN1C(=O)c2c(nc(Cc3ccccc3)n2Cc2ccccc2)N2CC3(CCCC3)N=C12. The van der Waals surface area contributed by atoms with Gasteiger partial charge in [-0.25, -0.2) is 9.98 Å². The van der Waals surface area contributed by atoms with Crippen LogP contribution in [-0.4, -0.2) is 45.4 Å². The Morgan fingerprint density at radius 1 is 0.938 bits per heavy atom. The number of imidazole rings is 1. The average molecular weight is 426 g/mol. The molecule has 0 N–H and O–H groups in total. The molecule has 0 radical (unpaired) electrons. The summed E-state index contributed by atoms with van der Waals surface area (Å²) in [6, 6.07) is 20.7. The van der Waals surface area contributed by atoms with Crippen LogP contribution in [0.15, 0.2) is 65.7 Å². The highest BCUT2D eigenvalue weighted by Crippen LogP contribution is 2.42. The molecule has 0 saturated heterocycles. The van der Waals surface area contributed by atoms with Gasteiger partial charge in [0.2, 0.25) is 5.96 Å². The van der Waals surface area contributed by atoms with Crippen molar-refractivity contribution in [2.45, 2.75) is 44.2 Å². The lowest BCUT2D eigenvalue weighted by Gasteiger charge is -2.31. The lowest BCUT2D eigenvalue weighted by atomic mass is 9.99. The number of hydrogen-bond acceptors (Lipinski definition) is 4. The number of fused-ring (bicyclic) bond motifs is 3. The van der Waals surface area contributed by atoms with Crippen molar-refractivity contribution in [2.75, 3.05) is 18.5 Å². The molecule has 0 unspecified atom stereocenters. The molecule has 1 saturated carbocycles. The Balaban J connectivity index is 1.47. The average Bonchev–Trinajstić information content (AvgIpc) is 3.52. The lowest BCUT2D eigenvalue weighted by molar-refractivity contribution is 0.0855. The van der Waals surface area contributed by atoms with Gasteiger partial charge in [0, 0.05) is 20.0 Å². The van der Waals surface area contributed by atoms with Crippen LogP contribution in [0.4, 0.5) is 5.82 Å². The maximum Gasteiger partial charge on any atom is 0.280 e. The fraction of sp³-hybridized carbons (Fsp3) is 0.346. The summed E-state index contributed by atoms with van der Waals surface area (Å²) in [5.41, 5.74) is 2.96. The van der Waals surface area contributed by atoms with Crippen LogP contribution in [0.2, 0.25) is 0 Å². The Morgan fingerprint density at radius 3 is 2.28 bits per heavy atom. The molecule has 1 amide bonds. The third kappa shape index (κ3) is 3.05. The van der Waals surface area contributed by atoms with Crippen LogP contribution in [-0.2, 0) is 13.0 Å². The number of aliphatic imine (C=N–C) groups is 1. The van der Waals surface area contributed by atoms with E-state index in [9.17, 15) is 4.79 Å². The summed E-state index contributed by atoms with van der Waals surface area (Å²) in [7, 11) is 1.85. The normalized spacial score (nSPS) is 18.8. The van der Waals surface area contributed by atoms with E-state index in [4.69, 9.17) is 9.98 Å². The first kappa shape index (κ1) is 19.3. The molecule has 2 aliphatic heterocycles. The molecule has 1 fully saturated rings. The highest BCUT2D eigenvalue weighted by Gasteiger charge is 2.49. The predicted molar refractivity (Wildman–Crippen MR) is 125 cm³/mol. The number of hydrogen-bond donors (Lipinski definition) is 0. The lowest BCUT2D eigenvalue weighted by Crippen LogP contribution is -2.49. The minimum absolute atomic E-state index is 0.0206. The molecule has 2 aromatic carbocycles. The molecule has 0 bridgehead atoms. The van der Waals surface area contributed by atoms with Gasteiger partial charge in [0.15, 0.2) is 11.5 Å². The summed E-state index contributed by atoms with van der Waals surface area (Å²) in [6.07, 6.45) is 5.27. The molecule has 3 aromatic rings. The van der Waals surface area contributed by atoms with Gasteiger partial charge in [-0.2, -0.15) is 0 Å². The third-order valence-corrected chi connectivity index (χ3v) is 7.04. The number of aromatic nitrogens is 2. The van der Waals surface area contributed by atoms with Crippen LogP contribution in [0.3, 0.4) is 0 Å². The minimum atomic E-state index is -0.0612. The summed E-state index contributed by atoms with van der Waals surface area (Å²) >= 11 is 0. The van der Waals surface area contributed by atoms with Crippen molar-refractivity contribution in [3.05, 3.63) is 83.3 Å². The third-order valence-electron chi connectivity index (χ3n) is 7.04. The zero-order chi connectivity index (χ0) is 21.7. The first-order chi connectivity index (χ1) is 15.6. The zero-order valence-electron chi connectivity index (χ0n) is 18.4. The first-order valence-corrected chi connectivity index (χ1v) is 11.5. The molecule has 3 heterocycles. The van der Waals surface area contributed by atoms with Crippen molar-refractivity contribution in [1.82, 2.24) is 14.5 Å². The maximum atomic E-state index is 13.6. The Labute approximate surface area is 188 Å². The number of guanidine groups is 1. The van der Waals surface area contributed by atoms with E-state index < -0.39 is 0 Å². The van der Waals surface area contributed by atoms with E-state index in [1.54, 1.807) is 4.90 Å². The van der Waals surface area contributed by atoms with Crippen molar-refractivity contribution >= 4 is 17.7 Å². The van der Waals surface area contributed by atoms with E-state index in [0.29, 0.717) is 18.7 Å². The highest BCUT2D eigenvalue weighted by atomic mass is 16.2. The van der Waals surface area contributed by atoms with Gasteiger partial charge in [-0.15, -0.1) is 0 Å². The Hall–Kier alpha value is -3.41. The van der Waals surface area contributed by atoms with E-state index in [0.717, 1.165) is 42.6 Å². The predicted octanol–water partition coefficient (Wildman–Crippen LogP) is 4.10. The van der Waals surface area contributed by atoms with Crippen molar-refractivity contribution in [3.8, 4) is 0 Å². The summed E-state index contributed by atoms with van der Waals surface area (Å²) in [6.45, 7) is 1.44. The molecule has 162 valence electrons. The van der Waals surface area contributed by atoms with Crippen LogP contribution in [0.5, 0.6) is 0 Å². The zero-order valence-corrected chi connectivity index (χ0v) is 18.4. The van der Waals surface area contributed by atoms with E-state index in [-0.39, 0.29) is 11.4 Å². The topological polar surface area (TPSA) is 53.7 Å². The van der Waals surface area contributed by atoms with E-state index >= 15 is 0 Å². The number of amides is 1. The number of rotatable bonds is 4. The Morgan fingerprint density at radius 2 is 1.59 bits per heavy atom. The summed E-state index contributed by atoms with van der Waals surface area (Å²) < 4.78 is 2.12. The van der Waals surface area contributed by atoms with Crippen molar-refractivity contribution < 1.29 is 4.79 Å². The monoisotopic (exact) mass is 425 g/mol. The highest BCUT2D eigenvalue weighted by molar-refractivity contribution is 6.18. The fourth-order valence-corrected chi connectivity index (χ4v) is 5.39. The molecule has 1 aliphatic carbocycles. The van der Waals surface area contributed by atoms with Gasteiger partial charge in [0.05, 0.1) is 12.1 Å². The number of carbonyl (C=O) groups excluding carboxylic acids is 1. The van der Waals surface area contributed by atoms with E-state index in [1.807, 2.05) is 43.4 Å². The summed E-state index contributed by atoms with van der Waals surface area (Å²) in [5.74, 6) is 2.44. The van der Waals surface area contributed by atoms with Gasteiger partial charge >= 0.3 is 0 Å². The Kier molecular flexibility index (Phi) is 4.42. The van der Waals surface area contributed by atoms with Crippen molar-refractivity contribution in [1.29, 1.82) is 0 Å². The van der Waals surface area contributed by atoms with Gasteiger partial charge in [-0.3, -0.25) is 14.6 Å². The fourth-order valence-electron chi connectivity index (χ4n) is 5.39. The van der Waals surface area contributed by atoms with Gasteiger partial charge in [-0.05, 0) is 24.0 Å². The number of carbonyl (C=O) groups is 1. The van der Waals surface area contributed by atoms with Crippen LogP contribution < -0.4 is 4.90 Å². The minimum Gasteiger partial charge on any atom is -0.317 e. The second kappa shape index (κ2) is 7.33. The number of anilines is 1. The van der Waals surface area contributed by atoms with Crippen LogP contribution in [0.1, 0.15) is 53.1 Å². The smallest absolute Gasteiger partial charge is 0.280 e. The largest absolute Gasteiger partial charge is 0.317 e. The van der Waals surface area contributed by atoms with Gasteiger partial charge in [0.1, 0.15) is 5.82 Å². The van der Waals surface area contributed by atoms with Crippen LogP contribution in [0, 0.1) is 0 Å². The number of nitrogens with zero attached hydrogens (tertiary/aromatic N) is 5. The van der Waals surface area contributed by atoms with E-state index in [2.05, 4.69) is 33.7 Å². The molecule has 0 atom stereocenters. The quantitative estimate of drug-likeness (QED) is 0.633. The van der Waals surface area contributed by atoms with Crippen LogP contribution >= 0.6 is 0 Å². The standard InChI is InChI=1S/C26H27N5O/c1-29-24(32)22-23(31-18-26(28-25(29)31)14-8-9-15-26)27-21(16-19-10-4-2-5-11-19)30(22)17-20-12-6-3-7-13-20/h2-7,10-13H,8-9,14-18H2,1H3. The molecule has 32 heavy (non-hydrogen) atoms. The molecular formula is C26H27N5O. The Bertz CT molecular complexity index is 1190. The molecule has 6 nitrogen and oxygen atoms in total. The van der Waals surface area contributed by atoms with E-state index in [1.165, 1.54) is 18.4 Å². The van der Waals surface area contributed by atoms with Gasteiger partial charge in [-0.1, -0.05) is 73.5 Å². The molecule has 1 aromatic heterocycles. The molecule has 1 spiro atoms. The first-order valence-electron chi connectivity index (χ1n) is 11.5. The van der Waals surface area contributed by atoms with Crippen LogP contribution in [0.25, 0.3) is 0 Å². The van der Waals surface area contributed by atoms with Crippen molar-refractivity contribution in [3.63, 3.8) is 0 Å². The molecule has 6 rings (SSSR count). The second-order valence-electron chi connectivity index (χ2n) is 9.23. The maximum absolute atomic E-state index is 13.6. The summed E-state index contributed by atoms with van der Waals surface area (Å²) in [5, 5.41) is 0. The molecule has 6 heteroatoms. The second-order valence-corrected chi connectivity index (χ2v) is 9.23.